The van der Waals surface area contributed by atoms with Crippen molar-refractivity contribution in [1.82, 2.24) is 5.06 Å². The molecule has 0 bridgehead atoms. The monoisotopic (exact) mass is 406 g/mol. The predicted octanol–water partition coefficient (Wildman–Crippen LogP) is 5.32. The van der Waals surface area contributed by atoms with Gasteiger partial charge in [0.25, 0.3) is 0 Å². The van der Waals surface area contributed by atoms with Crippen LogP contribution in [0.2, 0.25) is 5.02 Å². The fourth-order valence-electron chi connectivity index (χ4n) is 3.01. The van der Waals surface area contributed by atoms with E-state index in [1.165, 1.54) is 18.2 Å². The van der Waals surface area contributed by atoms with E-state index >= 15 is 0 Å². The van der Waals surface area contributed by atoms with Crippen LogP contribution in [0.15, 0.2) is 46.1 Å². The normalized spacial score (nSPS) is 22.5. The van der Waals surface area contributed by atoms with E-state index < -0.39 is 24.3 Å². The number of halogens is 5. The number of benzene rings is 1. The molecule has 0 saturated carbocycles. The number of alkyl halides is 3. The van der Waals surface area contributed by atoms with E-state index in [1.54, 1.807) is 13.8 Å². The van der Waals surface area contributed by atoms with E-state index in [4.69, 9.17) is 27.9 Å². The van der Waals surface area contributed by atoms with Crippen molar-refractivity contribution in [3.05, 3.63) is 51.7 Å². The Balaban J connectivity index is 2.35. The molecule has 0 fully saturated rings. The van der Waals surface area contributed by atoms with E-state index in [-0.39, 0.29) is 32.7 Å². The van der Waals surface area contributed by atoms with Gasteiger partial charge in [0, 0.05) is 16.2 Å². The number of hydroxylamine groups is 2. The van der Waals surface area contributed by atoms with Crippen molar-refractivity contribution < 1.29 is 23.1 Å². The van der Waals surface area contributed by atoms with Gasteiger partial charge in [0.1, 0.15) is 5.41 Å². The summed E-state index contributed by atoms with van der Waals surface area (Å²) in [5, 5.41) is 10.7. The van der Waals surface area contributed by atoms with Gasteiger partial charge < -0.3 is 4.74 Å². The lowest BCUT2D eigenvalue weighted by Gasteiger charge is -2.43. The molecule has 0 aliphatic carbocycles. The molecule has 4 nitrogen and oxygen atoms in total. The molecule has 2 heterocycles. The van der Waals surface area contributed by atoms with Crippen LogP contribution in [0.25, 0.3) is 0 Å². The minimum Gasteiger partial charge on any atom is -0.377 e. The van der Waals surface area contributed by atoms with Crippen molar-refractivity contribution in [2.45, 2.75) is 31.5 Å². The maximum absolute atomic E-state index is 14.5. The number of ether oxygens (including phenoxy) is 1. The minimum atomic E-state index is -4.76. The number of hydrogen-bond donors (Lipinski definition) is 1. The summed E-state index contributed by atoms with van der Waals surface area (Å²) in [5.74, 6) is -0.256. The third-order valence-electron chi connectivity index (χ3n) is 4.21. The highest BCUT2D eigenvalue weighted by Gasteiger charge is 2.62. The van der Waals surface area contributed by atoms with Crippen molar-refractivity contribution >= 4 is 34.7 Å². The molecule has 0 saturated heterocycles. The van der Waals surface area contributed by atoms with Crippen LogP contribution in [-0.2, 0) is 10.2 Å². The van der Waals surface area contributed by atoms with Gasteiger partial charge in [-0.15, -0.1) is 0 Å². The molecule has 1 aromatic carbocycles. The van der Waals surface area contributed by atoms with Crippen molar-refractivity contribution in [2.24, 2.45) is 4.99 Å². The fourth-order valence-corrected chi connectivity index (χ4v) is 3.38. The molecule has 0 aromatic heterocycles. The quantitative estimate of drug-likeness (QED) is 0.738. The molecular formula is C17H15Cl2F3N2O2. The van der Waals surface area contributed by atoms with Gasteiger partial charge in [-0.2, -0.15) is 13.2 Å². The zero-order valence-corrected chi connectivity index (χ0v) is 15.3. The standard InChI is InChI=1S/C17H15Cl2F3N2O2/c1-9(2)26-8-16(17(20,21)22)12-5-10(18)3-4-14(12)23-15-13(16)6-11(19)7-24(15)25/h3-7,9,25H,8H2,1-2H3. The number of nitrogens with zero attached hydrogens (tertiary/aromatic N) is 2. The summed E-state index contributed by atoms with van der Waals surface area (Å²) in [7, 11) is 0. The van der Waals surface area contributed by atoms with Crippen LogP contribution >= 0.6 is 23.2 Å². The second-order valence-corrected chi connectivity index (χ2v) is 7.15. The molecule has 26 heavy (non-hydrogen) atoms. The fraction of sp³-hybridized carbons (Fsp3) is 0.353. The van der Waals surface area contributed by atoms with Crippen LogP contribution in [0.4, 0.5) is 18.9 Å². The summed E-state index contributed by atoms with van der Waals surface area (Å²) < 4.78 is 48.9. The average Bonchev–Trinajstić information content (AvgIpc) is 2.51. The topological polar surface area (TPSA) is 45.1 Å². The van der Waals surface area contributed by atoms with Gasteiger partial charge in [-0.05, 0) is 38.1 Å². The molecule has 3 rings (SSSR count). The average molecular weight is 407 g/mol. The summed E-state index contributed by atoms with van der Waals surface area (Å²) in [6.45, 7) is 2.58. The molecule has 0 spiro atoms. The number of allylic oxidation sites excluding steroid dienone is 2. The van der Waals surface area contributed by atoms with Gasteiger partial charge in [-0.1, -0.05) is 23.2 Å². The van der Waals surface area contributed by atoms with Gasteiger partial charge >= 0.3 is 6.18 Å². The molecule has 1 atom stereocenters. The Morgan fingerprint density at radius 3 is 2.62 bits per heavy atom. The molecule has 0 radical (unpaired) electrons. The zero-order chi connectivity index (χ0) is 19.3. The second-order valence-electron chi connectivity index (χ2n) is 6.28. The number of amidine groups is 1. The van der Waals surface area contributed by atoms with Crippen molar-refractivity contribution in [3.63, 3.8) is 0 Å². The first-order valence-electron chi connectivity index (χ1n) is 7.71. The predicted molar refractivity (Wildman–Crippen MR) is 93.0 cm³/mol. The van der Waals surface area contributed by atoms with Crippen molar-refractivity contribution in [3.8, 4) is 0 Å². The Labute approximate surface area is 158 Å². The first-order valence-corrected chi connectivity index (χ1v) is 8.47. The Hall–Kier alpha value is -1.54. The first-order chi connectivity index (χ1) is 12.1. The van der Waals surface area contributed by atoms with Crippen molar-refractivity contribution in [2.75, 3.05) is 6.61 Å². The lowest BCUT2D eigenvalue weighted by atomic mass is 9.70. The summed E-state index contributed by atoms with van der Waals surface area (Å²) in [6, 6.07) is 4.05. The molecule has 1 N–H and O–H groups in total. The Kier molecular flexibility index (Phi) is 4.85. The molecular weight excluding hydrogens is 392 g/mol. The lowest BCUT2D eigenvalue weighted by Crippen LogP contribution is -2.53. The van der Waals surface area contributed by atoms with Crippen LogP contribution in [-0.4, -0.2) is 35.0 Å². The van der Waals surface area contributed by atoms with E-state index in [1.807, 2.05) is 0 Å². The van der Waals surface area contributed by atoms with E-state index in [2.05, 4.69) is 4.99 Å². The number of aliphatic imine (C=N–C) groups is 1. The van der Waals surface area contributed by atoms with Crippen LogP contribution < -0.4 is 0 Å². The lowest BCUT2D eigenvalue weighted by molar-refractivity contribution is -0.195. The van der Waals surface area contributed by atoms with Crippen molar-refractivity contribution in [1.29, 1.82) is 0 Å². The maximum atomic E-state index is 14.5. The molecule has 140 valence electrons. The van der Waals surface area contributed by atoms with Crippen LogP contribution in [0.3, 0.4) is 0 Å². The number of fused-ring (bicyclic) bond motifs is 2. The third kappa shape index (κ3) is 3.03. The van der Waals surface area contributed by atoms with Crippen LogP contribution in [0.1, 0.15) is 19.4 Å². The van der Waals surface area contributed by atoms with Gasteiger partial charge in [0.2, 0.25) is 0 Å². The smallest absolute Gasteiger partial charge is 0.377 e. The maximum Gasteiger partial charge on any atom is 0.404 e. The van der Waals surface area contributed by atoms with E-state index in [0.717, 1.165) is 12.3 Å². The summed E-state index contributed by atoms with van der Waals surface area (Å²) in [5.41, 5.74) is -2.97. The second kappa shape index (κ2) is 6.56. The third-order valence-corrected chi connectivity index (χ3v) is 4.65. The highest BCUT2D eigenvalue weighted by molar-refractivity contribution is 6.32. The van der Waals surface area contributed by atoms with E-state index in [0.29, 0.717) is 5.06 Å². The van der Waals surface area contributed by atoms with Gasteiger partial charge in [-0.3, -0.25) is 5.21 Å². The van der Waals surface area contributed by atoms with Gasteiger partial charge in [0.05, 0.1) is 29.6 Å². The van der Waals surface area contributed by atoms with Gasteiger partial charge in [-0.25, -0.2) is 10.1 Å². The zero-order valence-electron chi connectivity index (χ0n) is 13.8. The van der Waals surface area contributed by atoms with Gasteiger partial charge in [0.15, 0.2) is 5.84 Å². The molecule has 9 heteroatoms. The minimum absolute atomic E-state index is 0.0525. The SMILES string of the molecule is CC(C)OCC1(C(F)(F)F)C2=CC(Cl)=CN(O)C2=Nc2ccc(Cl)cc21. The highest BCUT2D eigenvalue weighted by Crippen LogP contribution is 2.54. The van der Waals surface area contributed by atoms with E-state index in [9.17, 15) is 18.4 Å². The Morgan fingerprint density at radius 2 is 2.00 bits per heavy atom. The Morgan fingerprint density at radius 1 is 1.31 bits per heavy atom. The highest BCUT2D eigenvalue weighted by atomic mass is 35.5. The molecule has 2 aliphatic heterocycles. The molecule has 1 aromatic rings. The number of rotatable bonds is 3. The van der Waals surface area contributed by atoms with Crippen LogP contribution in [0, 0.1) is 0 Å². The largest absolute Gasteiger partial charge is 0.404 e. The molecule has 2 aliphatic rings. The summed E-state index contributed by atoms with van der Waals surface area (Å²) >= 11 is 11.9. The summed E-state index contributed by atoms with van der Waals surface area (Å²) in [6.07, 6.45) is -2.98. The first kappa shape index (κ1) is 19.2. The molecule has 1 unspecified atom stereocenters. The number of hydrogen-bond acceptors (Lipinski definition) is 4. The molecule has 0 amide bonds. The Bertz CT molecular complexity index is 834. The van der Waals surface area contributed by atoms with Crippen LogP contribution in [0.5, 0.6) is 0 Å². The summed E-state index contributed by atoms with van der Waals surface area (Å²) in [4.78, 5) is 4.17.